The van der Waals surface area contributed by atoms with E-state index in [4.69, 9.17) is 4.74 Å². The van der Waals surface area contributed by atoms with Crippen LogP contribution in [0.15, 0.2) is 48.5 Å². The van der Waals surface area contributed by atoms with Gasteiger partial charge in [0.05, 0.1) is 0 Å². The predicted molar refractivity (Wildman–Crippen MR) is 122 cm³/mol. The molecule has 2 aromatic rings. The maximum absolute atomic E-state index is 12.2. The van der Waals surface area contributed by atoms with E-state index in [1.54, 1.807) is 0 Å². The molecule has 2 aromatic carbocycles. The molecule has 2 nitrogen and oxygen atoms in total. The molecule has 3 rings (SSSR count). The van der Waals surface area contributed by atoms with Crippen LogP contribution in [0.25, 0.3) is 11.6 Å². The molecule has 154 valence electrons. The van der Waals surface area contributed by atoms with Crippen LogP contribution in [-0.4, -0.2) is 12.1 Å². The minimum atomic E-state index is -0.205. The third-order valence-electron chi connectivity index (χ3n) is 6.31. The van der Waals surface area contributed by atoms with Crippen LogP contribution in [-0.2, 0) is 20.4 Å². The summed E-state index contributed by atoms with van der Waals surface area (Å²) in [5.74, 6) is -0.0805. The topological polar surface area (TPSA) is 26.3 Å². The first-order valence-corrected chi connectivity index (χ1v) is 10.7. The van der Waals surface area contributed by atoms with Crippen molar-refractivity contribution in [3.63, 3.8) is 0 Å². The van der Waals surface area contributed by atoms with Crippen LogP contribution in [0.4, 0.5) is 0 Å². The van der Waals surface area contributed by atoms with Crippen molar-refractivity contribution in [1.29, 1.82) is 0 Å². The van der Waals surface area contributed by atoms with Crippen molar-refractivity contribution in [2.24, 2.45) is 0 Å². The summed E-state index contributed by atoms with van der Waals surface area (Å²) < 4.78 is 5.95. The fourth-order valence-electron chi connectivity index (χ4n) is 4.41. The molecule has 1 atom stereocenters. The van der Waals surface area contributed by atoms with E-state index in [1.807, 2.05) is 13.0 Å². The number of allylic oxidation sites excluding steroid dienone is 1. The molecule has 0 heterocycles. The first-order chi connectivity index (χ1) is 13.6. The summed E-state index contributed by atoms with van der Waals surface area (Å²) in [6.07, 6.45) is 4.28. The highest BCUT2D eigenvalue weighted by molar-refractivity contribution is 5.80. The van der Waals surface area contributed by atoms with Crippen LogP contribution in [0, 0.1) is 0 Å². The molecule has 2 heteroatoms. The van der Waals surface area contributed by atoms with E-state index >= 15 is 0 Å². The van der Waals surface area contributed by atoms with E-state index < -0.39 is 0 Å². The maximum atomic E-state index is 12.2. The number of fused-ring (bicyclic) bond motifs is 1. The molecule has 0 radical (unpaired) electrons. The van der Waals surface area contributed by atoms with Gasteiger partial charge >= 0.3 is 5.97 Å². The summed E-state index contributed by atoms with van der Waals surface area (Å²) in [5.41, 5.74) is 6.12. The van der Waals surface area contributed by atoms with Crippen LogP contribution in [0.3, 0.4) is 0 Å². The van der Waals surface area contributed by atoms with Crippen molar-refractivity contribution in [2.45, 2.75) is 77.7 Å². The van der Waals surface area contributed by atoms with Crippen LogP contribution in [0.1, 0.15) is 83.1 Å². The molecule has 0 aromatic heterocycles. The van der Waals surface area contributed by atoms with E-state index in [1.165, 1.54) is 27.8 Å². The lowest BCUT2D eigenvalue weighted by atomic mass is 9.61. The molecule has 0 fully saturated rings. The van der Waals surface area contributed by atoms with E-state index in [0.717, 1.165) is 12.8 Å². The monoisotopic (exact) mass is 390 g/mol. The predicted octanol–water partition coefficient (Wildman–Crippen LogP) is 6.92. The number of carbonyl (C=O) groups excluding carboxylic acids is 1. The van der Waals surface area contributed by atoms with Gasteiger partial charge in [-0.2, -0.15) is 0 Å². The molecule has 0 saturated heterocycles. The normalized spacial score (nSPS) is 20.1. The Hall–Kier alpha value is -2.35. The van der Waals surface area contributed by atoms with Gasteiger partial charge in [0.15, 0.2) is 0 Å². The molecular formula is C27H34O2. The minimum Gasteiger partial charge on any atom is -0.461 e. The molecule has 0 aliphatic heterocycles. The standard InChI is InChI=1S/C27H34O2/c1-7-11-25(28)29-24-18-26(3,4)23-17-21(14-15-22(23)27(24,5)6)19(2)16-20-12-9-8-10-13-20/h8-10,12-17,24H,7,11,18H2,1-6H3. The van der Waals surface area contributed by atoms with E-state index in [-0.39, 0.29) is 22.9 Å². The lowest BCUT2D eigenvalue weighted by Gasteiger charge is -2.47. The van der Waals surface area contributed by atoms with Crippen molar-refractivity contribution in [3.8, 4) is 0 Å². The fourth-order valence-corrected chi connectivity index (χ4v) is 4.41. The largest absolute Gasteiger partial charge is 0.461 e. The zero-order valence-electron chi connectivity index (χ0n) is 18.7. The molecule has 0 bridgehead atoms. The highest BCUT2D eigenvalue weighted by atomic mass is 16.5. The van der Waals surface area contributed by atoms with Crippen molar-refractivity contribution < 1.29 is 9.53 Å². The first kappa shape index (κ1) is 21.4. The summed E-state index contributed by atoms with van der Waals surface area (Å²) in [5, 5.41) is 0. The van der Waals surface area contributed by atoms with Gasteiger partial charge in [-0.1, -0.05) is 89.2 Å². The third-order valence-corrected chi connectivity index (χ3v) is 6.31. The van der Waals surface area contributed by atoms with Gasteiger partial charge in [-0.05, 0) is 53.0 Å². The van der Waals surface area contributed by atoms with Crippen LogP contribution in [0.2, 0.25) is 0 Å². The van der Waals surface area contributed by atoms with E-state index in [9.17, 15) is 4.79 Å². The summed E-state index contributed by atoms with van der Waals surface area (Å²) in [6.45, 7) is 13.1. The second-order valence-corrected chi connectivity index (χ2v) is 9.54. The van der Waals surface area contributed by atoms with E-state index in [2.05, 4.69) is 83.2 Å². The quantitative estimate of drug-likeness (QED) is 0.409. The molecule has 1 unspecified atom stereocenters. The smallest absolute Gasteiger partial charge is 0.306 e. The second kappa shape index (κ2) is 8.18. The van der Waals surface area contributed by atoms with E-state index in [0.29, 0.717) is 6.42 Å². The molecule has 0 amide bonds. The maximum Gasteiger partial charge on any atom is 0.306 e. The summed E-state index contributed by atoms with van der Waals surface area (Å²) in [7, 11) is 0. The third kappa shape index (κ3) is 4.47. The molecule has 0 spiro atoms. The number of ether oxygens (including phenoxy) is 1. The average Bonchev–Trinajstić information content (AvgIpc) is 2.67. The Morgan fingerprint density at radius 2 is 1.76 bits per heavy atom. The molecule has 29 heavy (non-hydrogen) atoms. The highest BCUT2D eigenvalue weighted by Crippen LogP contribution is 2.48. The fraction of sp³-hybridized carbons (Fsp3) is 0.444. The molecular weight excluding hydrogens is 356 g/mol. The Morgan fingerprint density at radius 1 is 1.07 bits per heavy atom. The Labute approximate surface area is 176 Å². The zero-order valence-corrected chi connectivity index (χ0v) is 18.7. The van der Waals surface area contributed by atoms with Gasteiger partial charge in [0.2, 0.25) is 0 Å². The van der Waals surface area contributed by atoms with Gasteiger partial charge in [-0.3, -0.25) is 4.79 Å². The molecule has 0 saturated carbocycles. The van der Waals surface area contributed by atoms with Crippen molar-refractivity contribution in [2.75, 3.05) is 0 Å². The van der Waals surface area contributed by atoms with Gasteiger partial charge < -0.3 is 4.74 Å². The Balaban J connectivity index is 1.97. The molecule has 1 aliphatic carbocycles. The molecule has 0 N–H and O–H groups in total. The lowest BCUT2D eigenvalue weighted by Crippen LogP contribution is -2.47. The van der Waals surface area contributed by atoms with Gasteiger partial charge in [0.25, 0.3) is 0 Å². The first-order valence-electron chi connectivity index (χ1n) is 10.7. The lowest BCUT2D eigenvalue weighted by molar-refractivity contribution is -0.154. The summed E-state index contributed by atoms with van der Waals surface area (Å²) >= 11 is 0. The second-order valence-electron chi connectivity index (χ2n) is 9.54. The number of hydrogen-bond acceptors (Lipinski definition) is 2. The van der Waals surface area contributed by atoms with Crippen LogP contribution >= 0.6 is 0 Å². The summed E-state index contributed by atoms with van der Waals surface area (Å²) in [6, 6.07) is 17.2. The Morgan fingerprint density at radius 3 is 2.41 bits per heavy atom. The van der Waals surface area contributed by atoms with Crippen molar-refractivity contribution in [1.82, 2.24) is 0 Å². The van der Waals surface area contributed by atoms with Gasteiger partial charge in [0, 0.05) is 11.8 Å². The Kier molecular flexibility index (Phi) is 6.03. The number of carbonyl (C=O) groups is 1. The number of benzene rings is 2. The van der Waals surface area contributed by atoms with Crippen molar-refractivity contribution in [3.05, 3.63) is 70.8 Å². The zero-order chi connectivity index (χ0) is 21.2. The van der Waals surface area contributed by atoms with Gasteiger partial charge in [0.1, 0.15) is 6.10 Å². The van der Waals surface area contributed by atoms with Gasteiger partial charge in [-0.25, -0.2) is 0 Å². The Bertz CT molecular complexity index is 903. The number of esters is 1. The van der Waals surface area contributed by atoms with Crippen LogP contribution in [0.5, 0.6) is 0 Å². The SMILES string of the molecule is CCCC(=O)OC1CC(C)(C)c2cc(C(C)=Cc3ccccc3)ccc2C1(C)C. The average molecular weight is 391 g/mol. The number of hydrogen-bond donors (Lipinski definition) is 0. The van der Waals surface area contributed by atoms with Gasteiger partial charge in [-0.15, -0.1) is 0 Å². The van der Waals surface area contributed by atoms with Crippen LogP contribution < -0.4 is 0 Å². The molecule has 1 aliphatic rings. The minimum absolute atomic E-state index is 0.0505. The summed E-state index contributed by atoms with van der Waals surface area (Å²) in [4.78, 5) is 12.2. The number of rotatable bonds is 5. The highest BCUT2D eigenvalue weighted by Gasteiger charge is 2.46. The van der Waals surface area contributed by atoms with Crippen molar-refractivity contribution >= 4 is 17.6 Å².